The summed E-state index contributed by atoms with van der Waals surface area (Å²) in [7, 11) is 0. The van der Waals surface area contributed by atoms with Gasteiger partial charge in [0.2, 0.25) is 0 Å². The highest BCUT2D eigenvalue weighted by atomic mass is 35.5. The maximum Gasteiger partial charge on any atom is 0.149 e. The lowest BCUT2D eigenvalue weighted by Crippen LogP contribution is -1.99. The molecule has 2 aromatic rings. The second-order valence-electron chi connectivity index (χ2n) is 4.38. The Morgan fingerprint density at radius 3 is 2.82 bits per heavy atom. The summed E-state index contributed by atoms with van der Waals surface area (Å²) in [4.78, 5) is 0. The Morgan fingerprint density at radius 2 is 2.18 bits per heavy atom. The van der Waals surface area contributed by atoms with Crippen LogP contribution in [0.2, 0.25) is 0 Å². The van der Waals surface area contributed by atoms with Gasteiger partial charge in [0, 0.05) is 18.0 Å². The van der Waals surface area contributed by atoms with Crippen molar-refractivity contribution in [2.75, 3.05) is 0 Å². The molecule has 0 bridgehead atoms. The van der Waals surface area contributed by atoms with Crippen molar-refractivity contribution in [2.24, 2.45) is 0 Å². The summed E-state index contributed by atoms with van der Waals surface area (Å²) in [5.41, 5.74) is 2.32. The van der Waals surface area contributed by atoms with E-state index in [0.717, 1.165) is 11.3 Å². The van der Waals surface area contributed by atoms with Crippen molar-refractivity contribution in [1.82, 2.24) is 9.78 Å². The van der Waals surface area contributed by atoms with Crippen molar-refractivity contribution in [3.8, 4) is 5.69 Å². The molecule has 1 aliphatic rings. The van der Waals surface area contributed by atoms with Gasteiger partial charge in [-0.05, 0) is 36.6 Å². The standard InChI is InChI=1S/C13H12ClFN2/c14-8-9-1-4-13(11(15)7-9)17-6-5-12(16-17)10-2-3-10/h1,4-7,10H,2-3,8H2. The Labute approximate surface area is 104 Å². The zero-order chi connectivity index (χ0) is 11.8. The van der Waals surface area contributed by atoms with E-state index in [1.54, 1.807) is 10.7 Å². The third kappa shape index (κ3) is 2.07. The SMILES string of the molecule is Fc1cc(CCl)ccc1-n1ccc(C2CC2)n1. The van der Waals surface area contributed by atoms with Gasteiger partial charge >= 0.3 is 0 Å². The Balaban J connectivity index is 1.96. The van der Waals surface area contributed by atoms with Crippen LogP contribution in [0.4, 0.5) is 4.39 Å². The summed E-state index contributed by atoms with van der Waals surface area (Å²) in [5, 5.41) is 4.40. The maximum atomic E-state index is 13.8. The summed E-state index contributed by atoms with van der Waals surface area (Å²) in [6, 6.07) is 6.97. The van der Waals surface area contributed by atoms with Gasteiger partial charge in [-0.2, -0.15) is 5.10 Å². The maximum absolute atomic E-state index is 13.8. The zero-order valence-electron chi connectivity index (χ0n) is 9.24. The predicted molar refractivity (Wildman–Crippen MR) is 65.1 cm³/mol. The monoisotopic (exact) mass is 250 g/mol. The third-order valence-corrected chi connectivity index (χ3v) is 3.33. The second-order valence-corrected chi connectivity index (χ2v) is 4.65. The number of nitrogens with zero attached hydrogens (tertiary/aromatic N) is 2. The smallest absolute Gasteiger partial charge is 0.149 e. The molecule has 0 aliphatic heterocycles. The zero-order valence-corrected chi connectivity index (χ0v) is 9.99. The molecule has 17 heavy (non-hydrogen) atoms. The summed E-state index contributed by atoms with van der Waals surface area (Å²) >= 11 is 5.66. The highest BCUT2D eigenvalue weighted by Gasteiger charge is 2.26. The van der Waals surface area contributed by atoms with Gasteiger partial charge in [-0.25, -0.2) is 9.07 Å². The van der Waals surface area contributed by atoms with Crippen LogP contribution in [-0.4, -0.2) is 9.78 Å². The van der Waals surface area contributed by atoms with Gasteiger partial charge in [0.1, 0.15) is 11.5 Å². The molecule has 0 atom stereocenters. The first-order valence-electron chi connectivity index (χ1n) is 5.68. The largest absolute Gasteiger partial charge is 0.238 e. The Kier molecular flexibility index (Phi) is 2.63. The van der Waals surface area contributed by atoms with Crippen LogP contribution in [0.1, 0.15) is 30.0 Å². The second kappa shape index (κ2) is 4.15. The van der Waals surface area contributed by atoms with Crippen LogP contribution in [-0.2, 0) is 5.88 Å². The van der Waals surface area contributed by atoms with Crippen LogP contribution in [0.3, 0.4) is 0 Å². The number of benzene rings is 1. The predicted octanol–water partition coefficient (Wildman–Crippen LogP) is 3.63. The molecule has 0 spiro atoms. The van der Waals surface area contributed by atoms with Gasteiger partial charge in [0.05, 0.1) is 5.69 Å². The quantitative estimate of drug-likeness (QED) is 0.761. The fourth-order valence-corrected chi connectivity index (χ4v) is 2.05. The highest BCUT2D eigenvalue weighted by molar-refractivity contribution is 6.17. The number of aromatic nitrogens is 2. The topological polar surface area (TPSA) is 17.8 Å². The molecule has 1 aliphatic carbocycles. The molecule has 0 N–H and O–H groups in total. The van der Waals surface area contributed by atoms with E-state index in [-0.39, 0.29) is 5.82 Å². The molecule has 0 saturated heterocycles. The van der Waals surface area contributed by atoms with E-state index >= 15 is 0 Å². The number of alkyl halides is 1. The summed E-state index contributed by atoms with van der Waals surface area (Å²) in [6.45, 7) is 0. The molecule has 3 rings (SSSR count). The van der Waals surface area contributed by atoms with E-state index < -0.39 is 0 Å². The number of rotatable bonds is 3. The minimum absolute atomic E-state index is 0.284. The highest BCUT2D eigenvalue weighted by Crippen LogP contribution is 2.39. The number of hydrogen-bond donors (Lipinski definition) is 0. The first-order valence-corrected chi connectivity index (χ1v) is 6.21. The minimum Gasteiger partial charge on any atom is -0.238 e. The molecule has 0 radical (unpaired) electrons. The molecule has 2 nitrogen and oxygen atoms in total. The summed E-state index contributed by atoms with van der Waals surface area (Å²) < 4.78 is 15.4. The summed E-state index contributed by atoms with van der Waals surface area (Å²) in [6.07, 6.45) is 4.21. The first kappa shape index (κ1) is 10.8. The molecular weight excluding hydrogens is 239 g/mol. The van der Waals surface area contributed by atoms with Gasteiger partial charge in [0.15, 0.2) is 0 Å². The van der Waals surface area contributed by atoms with Gasteiger partial charge in [-0.15, -0.1) is 11.6 Å². The van der Waals surface area contributed by atoms with Crippen LogP contribution in [0, 0.1) is 5.82 Å². The van der Waals surface area contributed by atoms with E-state index in [9.17, 15) is 4.39 Å². The molecular formula is C13H12ClFN2. The van der Waals surface area contributed by atoms with E-state index in [4.69, 9.17) is 11.6 Å². The molecule has 88 valence electrons. The lowest BCUT2D eigenvalue weighted by molar-refractivity contribution is 0.608. The molecule has 1 saturated carbocycles. The molecule has 1 aromatic heterocycles. The average molecular weight is 251 g/mol. The molecule has 0 unspecified atom stereocenters. The average Bonchev–Trinajstić information content (AvgIpc) is 3.08. The van der Waals surface area contributed by atoms with Gasteiger partial charge in [0.25, 0.3) is 0 Å². The first-order chi connectivity index (χ1) is 8.28. The van der Waals surface area contributed by atoms with Crippen LogP contribution < -0.4 is 0 Å². The molecule has 0 amide bonds. The van der Waals surface area contributed by atoms with Crippen molar-refractivity contribution in [2.45, 2.75) is 24.6 Å². The summed E-state index contributed by atoms with van der Waals surface area (Å²) in [5.74, 6) is 0.624. The Bertz CT molecular complexity index is 546. The van der Waals surface area contributed by atoms with Crippen molar-refractivity contribution in [3.05, 3.63) is 47.5 Å². The van der Waals surface area contributed by atoms with Crippen LogP contribution in [0.25, 0.3) is 5.69 Å². The fourth-order valence-electron chi connectivity index (χ4n) is 1.89. The van der Waals surface area contributed by atoms with Gasteiger partial charge in [-0.3, -0.25) is 0 Å². The van der Waals surface area contributed by atoms with E-state index in [2.05, 4.69) is 5.10 Å². The van der Waals surface area contributed by atoms with Gasteiger partial charge < -0.3 is 0 Å². The normalized spacial score (nSPS) is 15.2. The van der Waals surface area contributed by atoms with Crippen LogP contribution in [0.5, 0.6) is 0 Å². The van der Waals surface area contributed by atoms with Crippen molar-refractivity contribution in [1.29, 1.82) is 0 Å². The van der Waals surface area contributed by atoms with E-state index in [1.807, 2.05) is 18.3 Å². The Hall–Kier alpha value is -1.35. The number of hydrogen-bond acceptors (Lipinski definition) is 1. The van der Waals surface area contributed by atoms with E-state index in [1.165, 1.54) is 18.9 Å². The number of halogens is 2. The van der Waals surface area contributed by atoms with Crippen molar-refractivity contribution >= 4 is 11.6 Å². The third-order valence-electron chi connectivity index (χ3n) is 3.02. The lowest BCUT2D eigenvalue weighted by Gasteiger charge is -2.04. The lowest BCUT2D eigenvalue weighted by atomic mass is 10.2. The van der Waals surface area contributed by atoms with Crippen LogP contribution in [0.15, 0.2) is 30.5 Å². The molecule has 1 fully saturated rings. The molecule has 4 heteroatoms. The fraction of sp³-hybridized carbons (Fsp3) is 0.308. The van der Waals surface area contributed by atoms with Crippen molar-refractivity contribution in [3.63, 3.8) is 0 Å². The molecule has 1 heterocycles. The Morgan fingerprint density at radius 1 is 1.35 bits per heavy atom. The van der Waals surface area contributed by atoms with Gasteiger partial charge in [-0.1, -0.05) is 6.07 Å². The minimum atomic E-state index is -0.284. The molecule has 1 aromatic carbocycles. The van der Waals surface area contributed by atoms with Crippen LogP contribution >= 0.6 is 11.6 Å². The van der Waals surface area contributed by atoms with E-state index in [0.29, 0.717) is 17.5 Å². The van der Waals surface area contributed by atoms with Crippen molar-refractivity contribution < 1.29 is 4.39 Å².